The lowest BCUT2D eigenvalue weighted by Gasteiger charge is -2.47. The SMILES string of the molecule is CCS(=O)(=O)NCC(C)(C)c1nnc2n1N=C(C(C)(C)C)/C2=N/c1cc2c(cc1C)N(CCO)C(C)(C)CC2C. The molecule has 2 aromatic rings. The molecule has 0 bridgehead atoms. The van der Waals surface area contributed by atoms with Crippen molar-refractivity contribution < 1.29 is 13.5 Å². The third-order valence-electron chi connectivity index (χ3n) is 7.97. The zero-order valence-corrected chi connectivity index (χ0v) is 26.4. The Bertz CT molecular complexity index is 1460. The van der Waals surface area contributed by atoms with Gasteiger partial charge in [-0.05, 0) is 63.3 Å². The van der Waals surface area contributed by atoms with Crippen molar-refractivity contribution in [2.75, 3.05) is 30.3 Å². The van der Waals surface area contributed by atoms with E-state index in [2.05, 4.69) is 80.4 Å². The summed E-state index contributed by atoms with van der Waals surface area (Å²) in [6.07, 6.45) is 0.975. The molecule has 0 aliphatic carbocycles. The smallest absolute Gasteiger partial charge is 0.211 e. The van der Waals surface area contributed by atoms with Crippen molar-refractivity contribution in [1.82, 2.24) is 19.6 Å². The van der Waals surface area contributed by atoms with Crippen LogP contribution in [0.5, 0.6) is 0 Å². The number of aliphatic imine (C=N–C) groups is 1. The van der Waals surface area contributed by atoms with Gasteiger partial charge in [-0.25, -0.2) is 18.1 Å². The number of hydrogen-bond donors (Lipinski definition) is 2. The molecule has 2 aliphatic heterocycles. The molecule has 0 saturated carbocycles. The van der Waals surface area contributed by atoms with Crippen LogP contribution in [0.15, 0.2) is 22.2 Å². The normalized spacial score (nSPS) is 20.1. The molecule has 0 saturated heterocycles. The summed E-state index contributed by atoms with van der Waals surface area (Å²) in [5.41, 5.74) is 4.70. The Morgan fingerprint density at radius 3 is 2.45 bits per heavy atom. The van der Waals surface area contributed by atoms with E-state index in [1.807, 2.05) is 13.8 Å². The van der Waals surface area contributed by atoms with Crippen LogP contribution < -0.4 is 9.62 Å². The van der Waals surface area contributed by atoms with Gasteiger partial charge in [-0.15, -0.1) is 10.2 Å². The molecule has 40 heavy (non-hydrogen) atoms. The number of aliphatic hydroxyl groups excluding tert-OH is 1. The second kappa shape index (κ2) is 10.3. The predicted octanol–water partition coefficient (Wildman–Crippen LogP) is 4.27. The molecule has 1 aromatic carbocycles. The van der Waals surface area contributed by atoms with Crippen molar-refractivity contribution >= 4 is 32.8 Å². The molecule has 0 amide bonds. The van der Waals surface area contributed by atoms with E-state index < -0.39 is 15.4 Å². The number of aromatic nitrogens is 3. The van der Waals surface area contributed by atoms with Gasteiger partial charge in [0.15, 0.2) is 5.82 Å². The number of nitrogens with zero attached hydrogens (tertiary/aromatic N) is 6. The summed E-state index contributed by atoms with van der Waals surface area (Å²) in [5, 5.41) is 23.7. The lowest BCUT2D eigenvalue weighted by molar-refractivity contribution is 0.277. The molecule has 1 aromatic heterocycles. The van der Waals surface area contributed by atoms with Crippen molar-refractivity contribution in [3.63, 3.8) is 0 Å². The molecule has 0 spiro atoms. The molecule has 0 radical (unpaired) electrons. The Morgan fingerprint density at radius 1 is 1.18 bits per heavy atom. The van der Waals surface area contributed by atoms with Gasteiger partial charge in [-0.2, -0.15) is 9.78 Å². The van der Waals surface area contributed by atoms with Gasteiger partial charge in [0, 0.05) is 35.1 Å². The Hall–Kier alpha value is -2.63. The summed E-state index contributed by atoms with van der Waals surface area (Å²) in [6, 6.07) is 4.36. The van der Waals surface area contributed by atoms with Gasteiger partial charge < -0.3 is 10.0 Å². The van der Waals surface area contributed by atoms with Crippen molar-refractivity contribution in [3.8, 4) is 0 Å². The number of benzene rings is 1. The summed E-state index contributed by atoms with van der Waals surface area (Å²) in [5.74, 6) is 1.48. The average molecular weight is 572 g/mol. The van der Waals surface area contributed by atoms with Gasteiger partial charge >= 0.3 is 0 Å². The number of nitrogens with one attached hydrogen (secondary N) is 1. The van der Waals surface area contributed by atoms with E-state index in [-0.39, 0.29) is 29.9 Å². The summed E-state index contributed by atoms with van der Waals surface area (Å²) in [6.45, 7) is 21.4. The van der Waals surface area contributed by atoms with E-state index in [4.69, 9.17) is 10.1 Å². The fourth-order valence-electron chi connectivity index (χ4n) is 5.66. The van der Waals surface area contributed by atoms with Crippen LogP contribution >= 0.6 is 0 Å². The number of anilines is 1. The fraction of sp³-hybridized carbons (Fsp3) is 0.655. The quantitative estimate of drug-likeness (QED) is 0.488. The molecule has 2 aliphatic rings. The first kappa shape index (κ1) is 30.3. The maximum Gasteiger partial charge on any atom is 0.211 e. The molecule has 3 heterocycles. The van der Waals surface area contributed by atoms with E-state index in [0.717, 1.165) is 29.1 Å². The first-order chi connectivity index (χ1) is 18.4. The Kier molecular flexibility index (Phi) is 7.83. The molecule has 220 valence electrons. The van der Waals surface area contributed by atoms with E-state index in [9.17, 15) is 13.5 Å². The van der Waals surface area contributed by atoms with Crippen molar-refractivity contribution in [2.24, 2.45) is 15.5 Å². The van der Waals surface area contributed by atoms with Crippen LogP contribution in [-0.4, -0.2) is 70.8 Å². The highest BCUT2D eigenvalue weighted by atomic mass is 32.2. The van der Waals surface area contributed by atoms with Crippen molar-refractivity contribution in [1.29, 1.82) is 0 Å². The van der Waals surface area contributed by atoms with Crippen LogP contribution in [0.2, 0.25) is 0 Å². The molecule has 0 fully saturated rings. The maximum absolute atomic E-state index is 12.1. The van der Waals surface area contributed by atoms with Gasteiger partial charge in [-0.1, -0.05) is 41.5 Å². The fourth-order valence-corrected chi connectivity index (χ4v) is 6.45. The van der Waals surface area contributed by atoms with Gasteiger partial charge in [0.2, 0.25) is 15.8 Å². The van der Waals surface area contributed by atoms with Crippen LogP contribution in [0.1, 0.15) is 97.4 Å². The lowest BCUT2D eigenvalue weighted by atomic mass is 9.79. The third kappa shape index (κ3) is 5.60. The van der Waals surface area contributed by atoms with E-state index in [1.165, 1.54) is 5.56 Å². The zero-order valence-electron chi connectivity index (χ0n) is 25.6. The minimum Gasteiger partial charge on any atom is -0.395 e. The average Bonchev–Trinajstić information content (AvgIpc) is 3.42. The van der Waals surface area contributed by atoms with Crippen LogP contribution in [0, 0.1) is 12.3 Å². The van der Waals surface area contributed by atoms with Crippen LogP contribution in [-0.2, 0) is 15.4 Å². The minimum absolute atomic E-state index is 0.0121. The largest absolute Gasteiger partial charge is 0.395 e. The molecule has 4 rings (SSSR count). The molecule has 11 heteroatoms. The number of fused-ring (bicyclic) bond motifs is 2. The number of rotatable bonds is 8. The van der Waals surface area contributed by atoms with Gasteiger partial charge in [-0.3, -0.25) is 0 Å². The molecule has 10 nitrogen and oxygen atoms in total. The summed E-state index contributed by atoms with van der Waals surface area (Å²) < 4.78 is 28.6. The van der Waals surface area contributed by atoms with Crippen LogP contribution in [0.4, 0.5) is 11.4 Å². The van der Waals surface area contributed by atoms with Gasteiger partial charge in [0.1, 0.15) is 5.71 Å². The summed E-state index contributed by atoms with van der Waals surface area (Å²) >= 11 is 0. The third-order valence-corrected chi connectivity index (χ3v) is 9.31. The first-order valence-corrected chi connectivity index (χ1v) is 15.7. The van der Waals surface area contributed by atoms with Crippen molar-refractivity contribution in [3.05, 3.63) is 34.9 Å². The molecule has 1 atom stereocenters. The molecule has 1 unspecified atom stereocenters. The number of hydrogen-bond acceptors (Lipinski definition) is 8. The molecular weight excluding hydrogens is 526 g/mol. The Balaban J connectivity index is 1.81. The molecule has 2 N–H and O–H groups in total. The zero-order chi connectivity index (χ0) is 29.8. The molecular formula is C29H45N7O3S. The van der Waals surface area contributed by atoms with Crippen LogP contribution in [0.25, 0.3) is 0 Å². The number of aryl methyl sites for hydroxylation is 1. The van der Waals surface area contributed by atoms with Crippen molar-refractivity contribution in [2.45, 2.75) is 92.5 Å². The topological polar surface area (TPSA) is 125 Å². The standard InChI is InChI=1S/C29H45N7O3S/c1-11-40(38,39)30-17-28(7,8)26-33-32-25-23(24(27(4,5)6)34-36(25)26)31-21-15-20-19(3)16-29(9,10)35(12-13-37)22(20)14-18(21)2/h14-15,19,30,37H,11-13,16-17H2,1-10H3/b31-23-. The highest BCUT2D eigenvalue weighted by molar-refractivity contribution is 7.89. The van der Waals surface area contributed by atoms with E-state index >= 15 is 0 Å². The predicted molar refractivity (Wildman–Crippen MR) is 162 cm³/mol. The highest BCUT2D eigenvalue weighted by Crippen LogP contribution is 2.45. The first-order valence-electron chi connectivity index (χ1n) is 14.1. The van der Waals surface area contributed by atoms with Crippen LogP contribution in [0.3, 0.4) is 0 Å². The number of β-amino-alcohol motifs (C(OH)–C–C–N with tert-alkyl or cyclic N) is 1. The highest BCUT2D eigenvalue weighted by Gasteiger charge is 2.40. The lowest BCUT2D eigenvalue weighted by Crippen LogP contribution is -2.49. The van der Waals surface area contributed by atoms with Gasteiger partial charge in [0.05, 0.1) is 23.8 Å². The second-order valence-electron chi connectivity index (χ2n) is 13.4. The monoisotopic (exact) mass is 571 g/mol. The number of sulfonamides is 1. The maximum atomic E-state index is 12.1. The Labute approximate surface area is 239 Å². The van der Waals surface area contributed by atoms with E-state index in [1.54, 1.807) is 11.6 Å². The van der Waals surface area contributed by atoms with Gasteiger partial charge in [0.25, 0.3) is 0 Å². The second-order valence-corrected chi connectivity index (χ2v) is 15.5. The minimum atomic E-state index is -3.36. The number of aliphatic hydroxyl groups is 1. The Morgan fingerprint density at radius 2 is 1.85 bits per heavy atom. The van der Waals surface area contributed by atoms with E-state index in [0.29, 0.717) is 29.8 Å². The summed E-state index contributed by atoms with van der Waals surface area (Å²) in [4.78, 5) is 7.48. The summed E-state index contributed by atoms with van der Waals surface area (Å²) in [7, 11) is -3.36.